The van der Waals surface area contributed by atoms with E-state index in [1.165, 1.54) is 4.88 Å². The van der Waals surface area contributed by atoms with Crippen molar-refractivity contribution in [3.63, 3.8) is 0 Å². The molecule has 0 spiro atoms. The lowest BCUT2D eigenvalue weighted by atomic mass is 10.3. The number of hydrogen-bond donors (Lipinski definition) is 2. The Labute approximate surface area is 142 Å². The first-order valence-electron chi connectivity index (χ1n) is 8.02. The van der Waals surface area contributed by atoms with E-state index >= 15 is 0 Å². The fourth-order valence-corrected chi connectivity index (χ4v) is 2.69. The predicted octanol–water partition coefficient (Wildman–Crippen LogP) is 2.26. The van der Waals surface area contributed by atoms with E-state index in [-0.39, 0.29) is 0 Å². The Morgan fingerprint density at radius 2 is 2.26 bits per heavy atom. The van der Waals surface area contributed by atoms with Crippen molar-refractivity contribution in [3.05, 3.63) is 34.0 Å². The Kier molecular flexibility index (Phi) is 6.58. The Morgan fingerprint density at radius 3 is 2.87 bits per heavy atom. The molecule has 0 radical (unpaired) electrons. The summed E-state index contributed by atoms with van der Waals surface area (Å²) in [6.45, 7) is 7.64. The molecular formula is C16H26N6S. The number of guanidine groups is 1. The highest BCUT2D eigenvalue weighted by Crippen LogP contribution is 2.08. The second-order valence-corrected chi connectivity index (χ2v) is 6.63. The van der Waals surface area contributed by atoms with E-state index in [0.29, 0.717) is 12.6 Å². The molecule has 1 unspecified atom stereocenters. The number of rotatable bonds is 7. The molecule has 7 heteroatoms. The number of nitrogens with one attached hydrogen (secondary N) is 2. The van der Waals surface area contributed by atoms with Crippen LogP contribution in [0.4, 0.5) is 0 Å². The molecule has 2 aromatic rings. The van der Waals surface area contributed by atoms with Gasteiger partial charge in [-0.2, -0.15) is 0 Å². The monoisotopic (exact) mass is 334 g/mol. The Balaban J connectivity index is 1.94. The Bertz CT molecular complexity index is 617. The SMILES string of the molecule is CCC(C)NC(=NCc1nnc(C)n1C)NCCc1cccs1. The van der Waals surface area contributed by atoms with Crippen LogP contribution in [0.3, 0.4) is 0 Å². The van der Waals surface area contributed by atoms with E-state index in [0.717, 1.165) is 37.0 Å². The van der Waals surface area contributed by atoms with Crippen molar-refractivity contribution in [2.75, 3.05) is 6.54 Å². The summed E-state index contributed by atoms with van der Waals surface area (Å²) in [4.78, 5) is 6.03. The zero-order valence-electron chi connectivity index (χ0n) is 14.3. The first kappa shape index (κ1) is 17.5. The maximum atomic E-state index is 4.65. The zero-order chi connectivity index (χ0) is 16.7. The molecule has 0 bridgehead atoms. The molecule has 1 atom stereocenters. The Hall–Kier alpha value is -1.89. The van der Waals surface area contributed by atoms with Crippen LogP contribution in [-0.4, -0.2) is 33.3 Å². The lowest BCUT2D eigenvalue weighted by Crippen LogP contribution is -2.42. The molecule has 0 saturated heterocycles. The molecule has 0 aromatic carbocycles. The molecule has 2 heterocycles. The molecule has 0 aliphatic carbocycles. The average Bonchev–Trinajstić information content (AvgIpc) is 3.16. The number of aromatic nitrogens is 3. The first-order valence-corrected chi connectivity index (χ1v) is 8.90. The van der Waals surface area contributed by atoms with Crippen LogP contribution in [0.5, 0.6) is 0 Å². The average molecular weight is 334 g/mol. The summed E-state index contributed by atoms with van der Waals surface area (Å²) in [7, 11) is 1.96. The number of hydrogen-bond acceptors (Lipinski definition) is 4. The van der Waals surface area contributed by atoms with Crippen LogP contribution in [0.2, 0.25) is 0 Å². The highest BCUT2D eigenvalue weighted by atomic mass is 32.1. The third kappa shape index (κ3) is 5.35. The zero-order valence-corrected chi connectivity index (χ0v) is 15.2. The van der Waals surface area contributed by atoms with Crippen molar-refractivity contribution in [1.82, 2.24) is 25.4 Å². The van der Waals surface area contributed by atoms with Crippen molar-refractivity contribution >= 4 is 17.3 Å². The maximum Gasteiger partial charge on any atom is 0.191 e. The fourth-order valence-electron chi connectivity index (χ4n) is 1.99. The Morgan fingerprint density at radius 1 is 1.43 bits per heavy atom. The minimum Gasteiger partial charge on any atom is -0.356 e. The van der Waals surface area contributed by atoms with Gasteiger partial charge in [0.25, 0.3) is 0 Å². The predicted molar refractivity (Wildman–Crippen MR) is 95.8 cm³/mol. The summed E-state index contributed by atoms with van der Waals surface area (Å²) in [6.07, 6.45) is 2.05. The van der Waals surface area contributed by atoms with Gasteiger partial charge in [-0.15, -0.1) is 21.5 Å². The third-order valence-corrected chi connectivity index (χ3v) is 4.74. The lowest BCUT2D eigenvalue weighted by Gasteiger charge is -2.16. The summed E-state index contributed by atoms with van der Waals surface area (Å²) in [5, 5.41) is 17.2. The van der Waals surface area contributed by atoms with Gasteiger partial charge in [-0.3, -0.25) is 0 Å². The number of thiophene rings is 1. The maximum absolute atomic E-state index is 4.65. The van der Waals surface area contributed by atoms with Crippen molar-refractivity contribution in [3.8, 4) is 0 Å². The van der Waals surface area contributed by atoms with Gasteiger partial charge in [0.1, 0.15) is 12.4 Å². The highest BCUT2D eigenvalue weighted by molar-refractivity contribution is 7.09. The summed E-state index contributed by atoms with van der Waals surface area (Å²) >= 11 is 1.79. The molecule has 0 amide bonds. The highest BCUT2D eigenvalue weighted by Gasteiger charge is 2.07. The largest absolute Gasteiger partial charge is 0.356 e. The van der Waals surface area contributed by atoms with Crippen LogP contribution in [0, 0.1) is 6.92 Å². The van der Waals surface area contributed by atoms with Crippen LogP contribution in [0.25, 0.3) is 0 Å². The van der Waals surface area contributed by atoms with Gasteiger partial charge >= 0.3 is 0 Å². The lowest BCUT2D eigenvalue weighted by molar-refractivity contribution is 0.620. The van der Waals surface area contributed by atoms with Gasteiger partial charge in [-0.05, 0) is 38.1 Å². The van der Waals surface area contributed by atoms with Crippen molar-refractivity contribution < 1.29 is 0 Å². The van der Waals surface area contributed by atoms with E-state index in [9.17, 15) is 0 Å². The van der Waals surface area contributed by atoms with Gasteiger partial charge in [0.2, 0.25) is 0 Å². The standard InChI is InChI=1S/C16H26N6S/c1-5-12(2)19-16(17-9-8-14-7-6-10-23-14)18-11-15-21-20-13(3)22(15)4/h6-7,10,12H,5,8-9,11H2,1-4H3,(H2,17,18,19). The second-order valence-electron chi connectivity index (χ2n) is 5.60. The summed E-state index contributed by atoms with van der Waals surface area (Å²) in [6, 6.07) is 4.63. The van der Waals surface area contributed by atoms with Gasteiger partial charge in [0.05, 0.1) is 0 Å². The van der Waals surface area contributed by atoms with Gasteiger partial charge in [-0.25, -0.2) is 4.99 Å². The fraction of sp³-hybridized carbons (Fsp3) is 0.562. The van der Waals surface area contributed by atoms with Gasteiger partial charge in [0, 0.05) is 24.5 Å². The second kappa shape index (κ2) is 8.67. The molecule has 6 nitrogen and oxygen atoms in total. The van der Waals surface area contributed by atoms with Crippen molar-refractivity contribution in [2.24, 2.45) is 12.0 Å². The summed E-state index contributed by atoms with van der Waals surface area (Å²) in [5.41, 5.74) is 0. The van der Waals surface area contributed by atoms with E-state index in [2.05, 4.69) is 57.2 Å². The van der Waals surface area contributed by atoms with E-state index in [1.54, 1.807) is 11.3 Å². The molecule has 23 heavy (non-hydrogen) atoms. The summed E-state index contributed by atoms with van der Waals surface area (Å²) in [5.74, 6) is 2.60. The van der Waals surface area contributed by atoms with Gasteiger partial charge in [0.15, 0.2) is 11.8 Å². The van der Waals surface area contributed by atoms with E-state index in [1.807, 2.05) is 18.5 Å². The van der Waals surface area contributed by atoms with E-state index < -0.39 is 0 Å². The van der Waals surface area contributed by atoms with Crippen LogP contribution < -0.4 is 10.6 Å². The molecule has 2 N–H and O–H groups in total. The molecule has 2 aromatic heterocycles. The summed E-state index contributed by atoms with van der Waals surface area (Å²) < 4.78 is 1.97. The molecule has 0 aliphatic rings. The quantitative estimate of drug-likeness (QED) is 0.602. The van der Waals surface area contributed by atoms with Crippen LogP contribution in [0.1, 0.15) is 36.8 Å². The topological polar surface area (TPSA) is 67.1 Å². The number of aryl methyl sites for hydroxylation is 1. The minimum absolute atomic E-state index is 0.379. The van der Waals surface area contributed by atoms with Gasteiger partial charge in [-0.1, -0.05) is 13.0 Å². The van der Waals surface area contributed by atoms with Crippen LogP contribution in [0.15, 0.2) is 22.5 Å². The molecule has 2 rings (SSSR count). The third-order valence-electron chi connectivity index (χ3n) is 3.80. The van der Waals surface area contributed by atoms with Gasteiger partial charge < -0.3 is 15.2 Å². The minimum atomic E-state index is 0.379. The molecular weight excluding hydrogens is 308 g/mol. The normalized spacial score (nSPS) is 13.1. The molecule has 0 saturated carbocycles. The molecule has 0 fully saturated rings. The van der Waals surface area contributed by atoms with Crippen LogP contribution >= 0.6 is 11.3 Å². The van der Waals surface area contributed by atoms with Crippen molar-refractivity contribution in [2.45, 2.75) is 46.2 Å². The number of nitrogens with zero attached hydrogens (tertiary/aromatic N) is 4. The first-order chi connectivity index (χ1) is 11.1. The number of aliphatic imine (C=N–C) groups is 1. The van der Waals surface area contributed by atoms with E-state index in [4.69, 9.17) is 0 Å². The molecule has 126 valence electrons. The van der Waals surface area contributed by atoms with Crippen LogP contribution in [-0.2, 0) is 20.0 Å². The molecule has 0 aliphatic heterocycles. The smallest absolute Gasteiger partial charge is 0.191 e. The van der Waals surface area contributed by atoms with Crippen molar-refractivity contribution in [1.29, 1.82) is 0 Å².